The van der Waals surface area contributed by atoms with E-state index in [4.69, 9.17) is 15.2 Å². The molecule has 10 rings (SSSR count). The number of amides is 1. The Morgan fingerprint density at radius 1 is 0.500 bits per heavy atom. The highest BCUT2D eigenvalue weighted by Crippen LogP contribution is 2.60. The lowest BCUT2D eigenvalue weighted by atomic mass is 9.68. The van der Waals surface area contributed by atoms with E-state index < -0.39 is 165 Å². The number of anilines is 2. The molecule has 516 valence electrons. The van der Waals surface area contributed by atoms with Gasteiger partial charge in [-0.1, -0.05) is 109 Å². The van der Waals surface area contributed by atoms with Crippen molar-refractivity contribution in [2.24, 2.45) is 17.6 Å². The number of hydrogen-bond donors (Lipinski definition) is 11. The van der Waals surface area contributed by atoms with Gasteiger partial charge in [0, 0.05) is 37.3 Å². The van der Waals surface area contributed by atoms with Crippen LogP contribution < -0.4 is 31.2 Å². The van der Waals surface area contributed by atoms with Gasteiger partial charge in [0.1, 0.15) is 59.9 Å². The predicted octanol–water partition coefficient (Wildman–Crippen LogP) is 13.1. The van der Waals surface area contributed by atoms with Crippen molar-refractivity contribution in [3.63, 3.8) is 0 Å². The van der Waals surface area contributed by atoms with E-state index in [-0.39, 0.29) is 43.1 Å². The van der Waals surface area contributed by atoms with Gasteiger partial charge in [0.25, 0.3) is 0 Å². The van der Waals surface area contributed by atoms with Crippen molar-refractivity contribution in [3.8, 4) is 45.6 Å². The number of ether oxygens (including phenoxy) is 2. The number of fused-ring (bicyclic) bond motifs is 3. The highest BCUT2D eigenvalue weighted by atomic mass is 19.4. The molecule has 4 atom stereocenters. The van der Waals surface area contributed by atoms with Crippen LogP contribution in [0.1, 0.15) is 68.5 Å². The average Bonchev–Trinajstić information content (AvgIpc) is 0.761. The van der Waals surface area contributed by atoms with Gasteiger partial charge in [-0.15, -0.1) is 0 Å². The fraction of sp³-hybridized carbons (Fsp3) is 0.268. The van der Waals surface area contributed by atoms with Gasteiger partial charge < -0.3 is 66.9 Å². The molecular formula is C71H62F12N4O11. The maximum Gasteiger partial charge on any atom is 0.411 e. The molecule has 4 unspecified atom stereocenters. The first-order chi connectivity index (χ1) is 46.3. The minimum absolute atomic E-state index is 0.0794. The fourth-order valence-corrected chi connectivity index (χ4v) is 13.0. The Labute approximate surface area is 551 Å². The number of phenolic OH excluding ortho intramolecular Hbond substituents is 4. The van der Waals surface area contributed by atoms with Crippen molar-refractivity contribution in [3.05, 3.63) is 238 Å². The summed E-state index contributed by atoms with van der Waals surface area (Å²) in [6, 6.07) is 35.1. The van der Waals surface area contributed by atoms with Gasteiger partial charge >= 0.3 is 30.7 Å². The van der Waals surface area contributed by atoms with Gasteiger partial charge in [-0.25, -0.2) is 0 Å². The second-order valence-corrected chi connectivity index (χ2v) is 23.7. The van der Waals surface area contributed by atoms with Crippen LogP contribution in [-0.2, 0) is 38.9 Å². The van der Waals surface area contributed by atoms with Crippen LogP contribution in [-0.4, -0.2) is 111 Å². The van der Waals surface area contributed by atoms with Crippen molar-refractivity contribution in [2.75, 3.05) is 36.9 Å². The number of allylic oxidation sites excluding steroid dienone is 2. The van der Waals surface area contributed by atoms with Gasteiger partial charge in [-0.05, 0) is 141 Å². The second kappa shape index (κ2) is 27.5. The highest BCUT2D eigenvalue weighted by Gasteiger charge is 2.74. The quantitative estimate of drug-likeness (QED) is 0.0162. The number of carbonyl (C=O) groups excluding carboxylic acids is 1. The van der Waals surface area contributed by atoms with Crippen LogP contribution in [0.2, 0.25) is 0 Å². The molecule has 2 aliphatic carbocycles. The lowest BCUT2D eigenvalue weighted by molar-refractivity contribution is -0.290. The molecule has 0 aromatic heterocycles. The third-order valence-corrected chi connectivity index (χ3v) is 17.8. The van der Waals surface area contributed by atoms with E-state index in [1.807, 2.05) is 48.5 Å². The zero-order valence-corrected chi connectivity index (χ0v) is 51.2. The summed E-state index contributed by atoms with van der Waals surface area (Å²) < 4.78 is 194. The maximum absolute atomic E-state index is 15.4. The predicted molar refractivity (Wildman–Crippen MR) is 335 cm³/mol. The van der Waals surface area contributed by atoms with Crippen LogP contribution in [0.3, 0.4) is 0 Å². The van der Waals surface area contributed by atoms with Crippen LogP contribution in [0.15, 0.2) is 182 Å². The van der Waals surface area contributed by atoms with E-state index >= 15 is 52.7 Å². The number of carbonyl (C=O) groups is 2. The van der Waals surface area contributed by atoms with Gasteiger partial charge in [-0.3, -0.25) is 9.59 Å². The molecule has 0 spiro atoms. The van der Waals surface area contributed by atoms with Gasteiger partial charge in [0.2, 0.25) is 16.7 Å². The standard InChI is InChI=1S/C71H62F12N4O11/c72-68(73,74)66(69(75,76)77,43-17-25-59(90)39(29-43)33-84)45-19-27-61(92)57(31-45)86-36-48(89)38-98-50-23-15-42(16-24-50)65(55-11-5-3-7-51(55)52-8-4-6-12-56(52)65)41-13-21-49(22-14-41)97-37-47(88)35-85-34-40-30-44(18-26-60(40)91)67(70(78,79)80,71(81,82)83)46-20-28-62(93)58(32-46)87-63(94)53-9-1-2-10-54(53)64(95)96/h1-8,11-32,47-48,53-54,85-86,88-93H,9-10,33-38,84H2,(H,87,94)(H,95,96). The number of nitrogens with one attached hydrogen (secondary N) is 3. The minimum atomic E-state index is -6.15. The third-order valence-electron chi connectivity index (χ3n) is 17.8. The zero-order valence-electron chi connectivity index (χ0n) is 51.2. The van der Waals surface area contributed by atoms with Crippen LogP contribution in [0.4, 0.5) is 64.1 Å². The average molecular weight is 1380 g/mol. The number of aliphatic hydroxyl groups is 2. The van der Waals surface area contributed by atoms with Crippen LogP contribution in [0, 0.1) is 11.8 Å². The SMILES string of the molecule is NCc1cc(C(c2ccc(O)c(NCC(O)COc3ccc(C4(c5ccc(OCC(O)CNCc6cc(C(c7ccc(O)c(NC(=O)C8CC=CCC8C(=O)O)c7)(C(F)(F)F)C(F)(F)F)ccc6O)cc5)c5ccccc5-c5ccccc54)cc3)c2)(C(F)(F)F)C(F)(F)F)ccc1O. The molecule has 8 aromatic carbocycles. The number of aromatic hydroxyl groups is 4. The summed E-state index contributed by atoms with van der Waals surface area (Å²) in [6.07, 6.45) is -24.3. The Bertz CT molecular complexity index is 4180. The van der Waals surface area contributed by atoms with Gasteiger partial charge in [0.05, 0.1) is 28.6 Å². The number of aliphatic carboxylic acids is 1. The number of carboxylic acid groups (broad SMARTS) is 1. The Hall–Kier alpha value is -9.96. The zero-order chi connectivity index (χ0) is 70.9. The Balaban J connectivity index is 0.819. The Morgan fingerprint density at radius 3 is 1.36 bits per heavy atom. The van der Waals surface area contributed by atoms with Crippen molar-refractivity contribution >= 4 is 23.3 Å². The molecule has 8 aromatic rings. The van der Waals surface area contributed by atoms with E-state index in [0.29, 0.717) is 72.8 Å². The van der Waals surface area contributed by atoms with Crippen molar-refractivity contribution in [1.29, 1.82) is 0 Å². The molecular weight excluding hydrogens is 1310 g/mol. The number of nitrogens with two attached hydrogens (primary N) is 1. The summed E-state index contributed by atoms with van der Waals surface area (Å²) >= 11 is 0. The number of alkyl halides is 12. The summed E-state index contributed by atoms with van der Waals surface area (Å²) in [4.78, 5) is 25.1. The highest BCUT2D eigenvalue weighted by molar-refractivity contribution is 5.97. The molecule has 2 aliphatic rings. The van der Waals surface area contributed by atoms with E-state index in [1.54, 1.807) is 48.5 Å². The lowest BCUT2D eigenvalue weighted by Gasteiger charge is -2.39. The molecule has 0 saturated carbocycles. The molecule has 0 bridgehead atoms. The summed E-state index contributed by atoms with van der Waals surface area (Å²) in [5.74, 6) is -7.46. The molecule has 15 nitrogen and oxygen atoms in total. The van der Waals surface area contributed by atoms with Gasteiger partial charge in [0.15, 0.2) is 0 Å². The monoisotopic (exact) mass is 1370 g/mol. The number of benzene rings is 8. The lowest BCUT2D eigenvalue weighted by Crippen LogP contribution is -2.54. The first-order valence-corrected chi connectivity index (χ1v) is 30.2. The van der Waals surface area contributed by atoms with Crippen LogP contribution >= 0.6 is 0 Å². The van der Waals surface area contributed by atoms with E-state index in [2.05, 4.69) is 16.0 Å². The van der Waals surface area contributed by atoms with E-state index in [9.17, 15) is 45.3 Å². The smallest absolute Gasteiger partial charge is 0.411 e. The first-order valence-electron chi connectivity index (χ1n) is 30.2. The molecule has 27 heteroatoms. The molecule has 0 fully saturated rings. The number of carboxylic acids is 1. The number of halogens is 12. The molecule has 0 saturated heterocycles. The van der Waals surface area contributed by atoms with Crippen molar-refractivity contribution in [1.82, 2.24) is 5.32 Å². The summed E-state index contributed by atoms with van der Waals surface area (Å²) in [7, 11) is 0. The van der Waals surface area contributed by atoms with Crippen LogP contribution in [0.25, 0.3) is 11.1 Å². The molecule has 98 heavy (non-hydrogen) atoms. The summed E-state index contributed by atoms with van der Waals surface area (Å²) in [5, 5.41) is 81.1. The topological polar surface area (TPSA) is 256 Å². The maximum atomic E-state index is 15.4. The van der Waals surface area contributed by atoms with E-state index in [0.717, 1.165) is 33.4 Å². The largest absolute Gasteiger partial charge is 0.508 e. The molecule has 12 N–H and O–H groups in total. The number of hydrogen-bond acceptors (Lipinski definition) is 13. The van der Waals surface area contributed by atoms with Crippen LogP contribution in [0.5, 0.6) is 34.5 Å². The number of aliphatic hydroxyl groups excluding tert-OH is 2. The Morgan fingerprint density at radius 2 is 0.898 bits per heavy atom. The summed E-state index contributed by atoms with van der Waals surface area (Å²) in [5.41, 5.74) is -7.70. The number of rotatable bonds is 23. The minimum Gasteiger partial charge on any atom is -0.508 e. The van der Waals surface area contributed by atoms with Crippen molar-refractivity contribution in [2.45, 2.75) is 79.1 Å². The fourth-order valence-electron chi connectivity index (χ4n) is 13.0. The second-order valence-electron chi connectivity index (χ2n) is 23.7. The molecule has 0 heterocycles. The molecule has 0 aliphatic heterocycles. The molecule has 0 radical (unpaired) electrons. The summed E-state index contributed by atoms with van der Waals surface area (Å²) in [6.45, 7) is -2.89. The molecule has 1 amide bonds. The Kier molecular flexibility index (Phi) is 19.9. The number of phenols is 4. The van der Waals surface area contributed by atoms with Gasteiger partial charge in [-0.2, -0.15) is 52.7 Å². The third kappa shape index (κ3) is 13.1. The first kappa shape index (κ1) is 70.8. The van der Waals surface area contributed by atoms with Crippen molar-refractivity contribution < 1.29 is 107 Å². The van der Waals surface area contributed by atoms with E-state index in [1.165, 1.54) is 12.2 Å². The normalized spacial score (nSPS) is 16.2.